The molecule has 0 amide bonds. The highest BCUT2D eigenvalue weighted by Crippen LogP contribution is 2.15. The molecule has 1 aliphatic heterocycles. The maximum Gasteiger partial charge on any atom is 0.0644 e. The van der Waals surface area contributed by atoms with Crippen LogP contribution in [-0.4, -0.2) is 16.3 Å². The van der Waals surface area contributed by atoms with Crippen molar-refractivity contribution in [3.8, 4) is 0 Å². The first kappa shape index (κ1) is 6.85. The summed E-state index contributed by atoms with van der Waals surface area (Å²) >= 11 is 0. The second kappa shape index (κ2) is 2.66. The van der Waals surface area contributed by atoms with Gasteiger partial charge in [0.1, 0.15) is 0 Å². The second-order valence-electron chi connectivity index (χ2n) is 2.96. The minimum atomic E-state index is 0.564. The maximum atomic E-state index is 4.29. The van der Waals surface area contributed by atoms with Gasteiger partial charge in [0.25, 0.3) is 0 Å². The van der Waals surface area contributed by atoms with E-state index in [1.807, 2.05) is 6.20 Å². The van der Waals surface area contributed by atoms with Crippen LogP contribution >= 0.6 is 0 Å². The SMILES string of the molecule is CCC1CNCc2ccnn21. The van der Waals surface area contributed by atoms with Crippen LogP contribution in [0.5, 0.6) is 0 Å². The molecule has 0 aromatic carbocycles. The van der Waals surface area contributed by atoms with Crippen LogP contribution in [0.4, 0.5) is 0 Å². The average molecular weight is 151 g/mol. The van der Waals surface area contributed by atoms with Gasteiger partial charge >= 0.3 is 0 Å². The quantitative estimate of drug-likeness (QED) is 0.647. The van der Waals surface area contributed by atoms with Gasteiger partial charge in [-0.25, -0.2) is 0 Å². The van der Waals surface area contributed by atoms with Gasteiger partial charge in [-0.3, -0.25) is 4.68 Å². The molecule has 1 N–H and O–H groups in total. The normalized spacial score (nSPS) is 23.2. The van der Waals surface area contributed by atoms with E-state index in [1.54, 1.807) is 0 Å². The predicted octanol–water partition coefficient (Wildman–Crippen LogP) is 0.937. The highest BCUT2D eigenvalue weighted by Gasteiger charge is 2.16. The van der Waals surface area contributed by atoms with E-state index >= 15 is 0 Å². The molecule has 2 heterocycles. The van der Waals surface area contributed by atoms with Gasteiger partial charge < -0.3 is 5.32 Å². The summed E-state index contributed by atoms with van der Waals surface area (Å²) in [7, 11) is 0. The monoisotopic (exact) mass is 151 g/mol. The van der Waals surface area contributed by atoms with E-state index < -0.39 is 0 Å². The van der Waals surface area contributed by atoms with Crippen LogP contribution in [0.3, 0.4) is 0 Å². The molecule has 0 saturated carbocycles. The average Bonchev–Trinajstić information content (AvgIpc) is 2.50. The van der Waals surface area contributed by atoms with E-state index in [4.69, 9.17) is 0 Å². The zero-order chi connectivity index (χ0) is 7.68. The lowest BCUT2D eigenvalue weighted by atomic mass is 10.2. The summed E-state index contributed by atoms with van der Waals surface area (Å²) in [5.74, 6) is 0. The number of hydrogen-bond acceptors (Lipinski definition) is 2. The fraction of sp³-hybridized carbons (Fsp3) is 0.625. The van der Waals surface area contributed by atoms with Crippen molar-refractivity contribution in [2.75, 3.05) is 6.54 Å². The third kappa shape index (κ3) is 1.05. The van der Waals surface area contributed by atoms with Crippen LogP contribution in [0.25, 0.3) is 0 Å². The lowest BCUT2D eigenvalue weighted by Gasteiger charge is -2.24. The molecule has 0 saturated heterocycles. The fourth-order valence-corrected chi connectivity index (χ4v) is 1.58. The summed E-state index contributed by atoms with van der Waals surface area (Å²) in [6, 6.07) is 2.64. The molecular formula is C8H13N3. The number of nitrogens with zero attached hydrogens (tertiary/aromatic N) is 2. The van der Waals surface area contributed by atoms with Gasteiger partial charge in [0.2, 0.25) is 0 Å². The van der Waals surface area contributed by atoms with Crippen molar-refractivity contribution in [1.29, 1.82) is 0 Å². The Morgan fingerprint density at radius 2 is 2.73 bits per heavy atom. The van der Waals surface area contributed by atoms with Crippen molar-refractivity contribution in [2.45, 2.75) is 25.9 Å². The fourth-order valence-electron chi connectivity index (χ4n) is 1.58. The van der Waals surface area contributed by atoms with Crippen molar-refractivity contribution >= 4 is 0 Å². The molecule has 0 radical (unpaired) electrons. The van der Waals surface area contributed by atoms with Gasteiger partial charge in [-0.15, -0.1) is 0 Å². The molecule has 1 atom stereocenters. The standard InChI is InChI=1S/C8H13N3/c1-2-7-5-9-6-8-3-4-10-11(7)8/h3-4,7,9H,2,5-6H2,1H3. The van der Waals surface area contributed by atoms with Gasteiger partial charge in [-0.2, -0.15) is 5.10 Å². The number of aromatic nitrogens is 2. The van der Waals surface area contributed by atoms with Crippen LogP contribution in [0.2, 0.25) is 0 Å². The summed E-state index contributed by atoms with van der Waals surface area (Å²) in [5, 5.41) is 7.65. The third-order valence-electron chi connectivity index (χ3n) is 2.26. The van der Waals surface area contributed by atoms with Gasteiger partial charge in [-0.05, 0) is 12.5 Å². The van der Waals surface area contributed by atoms with E-state index in [-0.39, 0.29) is 0 Å². The Balaban J connectivity index is 2.32. The Morgan fingerprint density at radius 3 is 3.55 bits per heavy atom. The molecule has 1 aromatic rings. The molecular weight excluding hydrogens is 138 g/mol. The molecule has 1 aliphatic rings. The van der Waals surface area contributed by atoms with E-state index in [9.17, 15) is 0 Å². The lowest BCUT2D eigenvalue weighted by Crippen LogP contribution is -2.32. The van der Waals surface area contributed by atoms with Crippen molar-refractivity contribution in [3.63, 3.8) is 0 Å². The molecule has 2 rings (SSSR count). The molecule has 0 fully saturated rings. The molecule has 1 aromatic heterocycles. The molecule has 60 valence electrons. The number of hydrogen-bond donors (Lipinski definition) is 1. The molecule has 0 spiro atoms. The molecule has 11 heavy (non-hydrogen) atoms. The van der Waals surface area contributed by atoms with Crippen LogP contribution in [-0.2, 0) is 6.54 Å². The Labute approximate surface area is 66.4 Å². The molecule has 3 nitrogen and oxygen atoms in total. The Kier molecular flexibility index (Phi) is 1.66. The first-order valence-electron chi connectivity index (χ1n) is 4.15. The smallest absolute Gasteiger partial charge is 0.0644 e. The largest absolute Gasteiger partial charge is 0.309 e. The van der Waals surface area contributed by atoms with Crippen LogP contribution in [0.15, 0.2) is 12.3 Å². The molecule has 0 aliphatic carbocycles. The van der Waals surface area contributed by atoms with Crippen molar-refractivity contribution in [2.24, 2.45) is 0 Å². The number of fused-ring (bicyclic) bond motifs is 1. The highest BCUT2D eigenvalue weighted by molar-refractivity contribution is 5.04. The van der Waals surface area contributed by atoms with Crippen LogP contribution < -0.4 is 5.32 Å². The highest BCUT2D eigenvalue weighted by atomic mass is 15.3. The lowest BCUT2D eigenvalue weighted by molar-refractivity contribution is 0.358. The molecule has 3 heteroatoms. The van der Waals surface area contributed by atoms with Crippen molar-refractivity contribution in [3.05, 3.63) is 18.0 Å². The van der Waals surface area contributed by atoms with E-state index in [0.29, 0.717) is 6.04 Å². The summed E-state index contributed by atoms with van der Waals surface area (Å²) in [5.41, 5.74) is 1.31. The van der Waals surface area contributed by atoms with Gasteiger partial charge in [0, 0.05) is 19.3 Å². The minimum Gasteiger partial charge on any atom is -0.309 e. The molecule has 0 bridgehead atoms. The minimum absolute atomic E-state index is 0.564. The maximum absolute atomic E-state index is 4.29. The van der Waals surface area contributed by atoms with E-state index in [2.05, 4.69) is 28.1 Å². The Bertz CT molecular complexity index is 241. The van der Waals surface area contributed by atoms with Crippen LogP contribution in [0, 0.1) is 0 Å². The van der Waals surface area contributed by atoms with Crippen molar-refractivity contribution < 1.29 is 0 Å². The first-order chi connectivity index (χ1) is 5.42. The van der Waals surface area contributed by atoms with Crippen LogP contribution in [0.1, 0.15) is 25.1 Å². The summed E-state index contributed by atoms with van der Waals surface area (Å²) in [6.07, 6.45) is 3.03. The Hall–Kier alpha value is -0.830. The van der Waals surface area contributed by atoms with Gasteiger partial charge in [-0.1, -0.05) is 6.92 Å². The summed E-state index contributed by atoms with van der Waals surface area (Å²) in [4.78, 5) is 0. The topological polar surface area (TPSA) is 29.9 Å². The summed E-state index contributed by atoms with van der Waals surface area (Å²) in [6.45, 7) is 4.23. The first-order valence-corrected chi connectivity index (χ1v) is 4.15. The van der Waals surface area contributed by atoms with Crippen molar-refractivity contribution in [1.82, 2.24) is 15.1 Å². The van der Waals surface area contributed by atoms with Gasteiger partial charge in [0.15, 0.2) is 0 Å². The summed E-state index contributed by atoms with van der Waals surface area (Å²) < 4.78 is 2.14. The third-order valence-corrected chi connectivity index (χ3v) is 2.26. The number of nitrogens with one attached hydrogen (secondary N) is 1. The van der Waals surface area contributed by atoms with E-state index in [1.165, 1.54) is 5.69 Å². The molecule has 1 unspecified atom stereocenters. The Morgan fingerprint density at radius 1 is 1.82 bits per heavy atom. The predicted molar refractivity (Wildman–Crippen MR) is 43.3 cm³/mol. The number of rotatable bonds is 1. The zero-order valence-electron chi connectivity index (χ0n) is 6.75. The second-order valence-corrected chi connectivity index (χ2v) is 2.96. The van der Waals surface area contributed by atoms with E-state index in [0.717, 1.165) is 19.5 Å². The van der Waals surface area contributed by atoms with Gasteiger partial charge in [0.05, 0.1) is 11.7 Å². The zero-order valence-corrected chi connectivity index (χ0v) is 6.75.